The van der Waals surface area contributed by atoms with E-state index in [1.807, 2.05) is 15.9 Å². The van der Waals surface area contributed by atoms with E-state index in [9.17, 15) is 4.79 Å². The third-order valence-corrected chi connectivity index (χ3v) is 5.09. The molecular weight excluding hydrogens is 358 g/mol. The number of nitrogens with zero attached hydrogens (tertiary/aromatic N) is 6. The number of benzene rings is 1. The Morgan fingerprint density at radius 2 is 2.00 bits per heavy atom. The summed E-state index contributed by atoms with van der Waals surface area (Å²) in [5.74, 6) is 1.36. The highest BCUT2D eigenvalue weighted by Crippen LogP contribution is 2.30. The number of rotatable bonds is 5. The first-order valence-electron chi connectivity index (χ1n) is 9.51. The summed E-state index contributed by atoms with van der Waals surface area (Å²) in [6, 6.07) is 8.67. The summed E-state index contributed by atoms with van der Waals surface area (Å²) < 4.78 is 4.75. The molecule has 1 N–H and O–H groups in total. The highest BCUT2D eigenvalue weighted by Gasteiger charge is 2.30. The Labute approximate surface area is 161 Å². The molecule has 1 saturated heterocycles. The van der Waals surface area contributed by atoms with Crippen LogP contribution in [0, 0.1) is 6.92 Å². The standard InChI is InChI=1S/C19H21N7O2/c1-12-3-2-4-13(9-12)10-25-7-8-26(11-15(25)27)19-18(20-14-5-6-14)21-16-17(22-19)24-28-23-16/h2-4,9,14H,5-8,10-11H2,1H3,(H,20,21,23). The van der Waals surface area contributed by atoms with Crippen LogP contribution in [-0.4, -0.2) is 56.8 Å². The van der Waals surface area contributed by atoms with Crippen LogP contribution in [0.5, 0.6) is 0 Å². The lowest BCUT2D eigenvalue weighted by atomic mass is 10.1. The smallest absolute Gasteiger partial charge is 0.245 e. The fraction of sp³-hybridized carbons (Fsp3) is 0.421. The van der Waals surface area contributed by atoms with Crippen molar-refractivity contribution < 1.29 is 9.42 Å². The van der Waals surface area contributed by atoms with Crippen molar-refractivity contribution in [2.24, 2.45) is 0 Å². The van der Waals surface area contributed by atoms with Gasteiger partial charge in [-0.1, -0.05) is 29.8 Å². The lowest BCUT2D eigenvalue weighted by Gasteiger charge is -2.35. The molecule has 1 amide bonds. The molecule has 0 spiro atoms. The molecule has 1 saturated carbocycles. The van der Waals surface area contributed by atoms with Crippen molar-refractivity contribution in [2.45, 2.75) is 32.4 Å². The summed E-state index contributed by atoms with van der Waals surface area (Å²) in [4.78, 5) is 25.7. The Morgan fingerprint density at radius 3 is 2.75 bits per heavy atom. The van der Waals surface area contributed by atoms with Gasteiger partial charge in [-0.05, 0) is 35.6 Å². The zero-order valence-electron chi connectivity index (χ0n) is 15.6. The normalized spacial score (nSPS) is 17.4. The van der Waals surface area contributed by atoms with Gasteiger partial charge in [-0.2, -0.15) is 0 Å². The Bertz CT molecular complexity index is 1030. The maximum absolute atomic E-state index is 12.8. The maximum Gasteiger partial charge on any atom is 0.245 e. The molecule has 0 bridgehead atoms. The van der Waals surface area contributed by atoms with Crippen molar-refractivity contribution >= 4 is 28.8 Å². The molecule has 2 fully saturated rings. The second-order valence-electron chi connectivity index (χ2n) is 7.45. The van der Waals surface area contributed by atoms with Gasteiger partial charge in [0.15, 0.2) is 11.6 Å². The summed E-state index contributed by atoms with van der Waals surface area (Å²) in [6.45, 7) is 4.26. The van der Waals surface area contributed by atoms with Crippen LogP contribution >= 0.6 is 0 Å². The quantitative estimate of drug-likeness (QED) is 0.716. The lowest BCUT2D eigenvalue weighted by Crippen LogP contribution is -2.50. The highest BCUT2D eigenvalue weighted by atomic mass is 16.6. The molecule has 1 aliphatic heterocycles. The molecule has 0 radical (unpaired) electrons. The van der Waals surface area contributed by atoms with Crippen LogP contribution in [0.1, 0.15) is 24.0 Å². The predicted molar refractivity (Wildman–Crippen MR) is 103 cm³/mol. The van der Waals surface area contributed by atoms with Crippen molar-refractivity contribution in [2.75, 3.05) is 29.9 Å². The number of hydrogen-bond donors (Lipinski definition) is 1. The van der Waals surface area contributed by atoms with Crippen LogP contribution in [0.15, 0.2) is 28.9 Å². The summed E-state index contributed by atoms with van der Waals surface area (Å²) in [6.07, 6.45) is 2.22. The van der Waals surface area contributed by atoms with Gasteiger partial charge in [-0.15, -0.1) is 0 Å². The van der Waals surface area contributed by atoms with Gasteiger partial charge >= 0.3 is 0 Å². The number of aromatic nitrogens is 4. The number of hydrogen-bond acceptors (Lipinski definition) is 8. The van der Waals surface area contributed by atoms with E-state index in [1.165, 1.54) is 5.56 Å². The van der Waals surface area contributed by atoms with Crippen LogP contribution < -0.4 is 10.2 Å². The topological polar surface area (TPSA) is 100 Å². The van der Waals surface area contributed by atoms with Crippen molar-refractivity contribution in [1.29, 1.82) is 0 Å². The SMILES string of the molecule is Cc1cccc(CN2CCN(c3nc4nonc4nc3NC3CC3)CC2=O)c1. The molecule has 0 atom stereocenters. The van der Waals surface area contributed by atoms with Crippen molar-refractivity contribution in [3.63, 3.8) is 0 Å². The van der Waals surface area contributed by atoms with Crippen LogP contribution in [0.3, 0.4) is 0 Å². The number of aryl methyl sites for hydroxylation is 1. The summed E-state index contributed by atoms with van der Waals surface area (Å²) in [5, 5.41) is 11.0. The van der Waals surface area contributed by atoms with E-state index in [1.54, 1.807) is 0 Å². The molecule has 1 aliphatic carbocycles. The summed E-state index contributed by atoms with van der Waals surface area (Å²) >= 11 is 0. The minimum Gasteiger partial charge on any atom is -0.364 e. The Morgan fingerprint density at radius 1 is 1.18 bits per heavy atom. The molecule has 0 unspecified atom stereocenters. The van der Waals surface area contributed by atoms with Gasteiger partial charge in [0.1, 0.15) is 0 Å². The van der Waals surface area contributed by atoms with E-state index in [4.69, 9.17) is 4.63 Å². The van der Waals surface area contributed by atoms with Gasteiger partial charge in [0, 0.05) is 25.7 Å². The average molecular weight is 379 g/mol. The summed E-state index contributed by atoms with van der Waals surface area (Å²) in [5.41, 5.74) is 3.07. The van der Waals surface area contributed by atoms with Gasteiger partial charge < -0.3 is 15.1 Å². The number of carbonyl (C=O) groups is 1. The predicted octanol–water partition coefficient (Wildman–Crippen LogP) is 1.74. The molecule has 5 rings (SSSR count). The van der Waals surface area contributed by atoms with E-state index in [0.717, 1.165) is 18.4 Å². The van der Waals surface area contributed by atoms with E-state index in [2.05, 4.69) is 50.7 Å². The first kappa shape index (κ1) is 16.9. The van der Waals surface area contributed by atoms with Gasteiger partial charge in [0.05, 0.1) is 6.54 Å². The Hall–Kier alpha value is -3.23. The molecule has 2 aromatic heterocycles. The first-order chi connectivity index (χ1) is 13.7. The minimum absolute atomic E-state index is 0.0744. The van der Waals surface area contributed by atoms with Crippen molar-refractivity contribution in [1.82, 2.24) is 25.2 Å². The van der Waals surface area contributed by atoms with Gasteiger partial charge in [0.2, 0.25) is 17.2 Å². The van der Waals surface area contributed by atoms with E-state index in [0.29, 0.717) is 48.6 Å². The monoisotopic (exact) mass is 379 g/mol. The van der Waals surface area contributed by atoms with Gasteiger partial charge in [-0.25, -0.2) is 14.6 Å². The Balaban J connectivity index is 1.36. The molecular formula is C19H21N7O2. The second-order valence-corrected chi connectivity index (χ2v) is 7.45. The fourth-order valence-electron chi connectivity index (χ4n) is 3.46. The van der Waals surface area contributed by atoms with E-state index >= 15 is 0 Å². The van der Waals surface area contributed by atoms with Crippen LogP contribution in [0.25, 0.3) is 11.3 Å². The minimum atomic E-state index is 0.0744. The summed E-state index contributed by atoms with van der Waals surface area (Å²) in [7, 11) is 0. The maximum atomic E-state index is 12.8. The van der Waals surface area contributed by atoms with Gasteiger partial charge in [-0.3, -0.25) is 4.79 Å². The van der Waals surface area contributed by atoms with Crippen molar-refractivity contribution in [3.05, 3.63) is 35.4 Å². The fourth-order valence-corrected chi connectivity index (χ4v) is 3.46. The zero-order chi connectivity index (χ0) is 19.1. The molecule has 144 valence electrons. The molecule has 9 nitrogen and oxygen atoms in total. The number of fused-ring (bicyclic) bond motifs is 1. The molecule has 2 aliphatic rings. The van der Waals surface area contributed by atoms with Gasteiger partial charge in [0.25, 0.3) is 0 Å². The Kier molecular flexibility index (Phi) is 4.07. The third kappa shape index (κ3) is 3.35. The lowest BCUT2D eigenvalue weighted by molar-refractivity contribution is -0.131. The number of piperazine rings is 1. The van der Waals surface area contributed by atoms with Crippen LogP contribution in [0.2, 0.25) is 0 Å². The average Bonchev–Trinajstić information content (AvgIpc) is 3.37. The highest BCUT2D eigenvalue weighted by molar-refractivity contribution is 5.84. The molecule has 1 aromatic carbocycles. The van der Waals surface area contributed by atoms with Crippen LogP contribution in [-0.2, 0) is 11.3 Å². The molecule has 9 heteroatoms. The largest absolute Gasteiger partial charge is 0.364 e. The van der Waals surface area contributed by atoms with E-state index < -0.39 is 0 Å². The van der Waals surface area contributed by atoms with E-state index in [-0.39, 0.29) is 12.5 Å². The third-order valence-electron chi connectivity index (χ3n) is 5.09. The van der Waals surface area contributed by atoms with Crippen molar-refractivity contribution in [3.8, 4) is 0 Å². The zero-order valence-corrected chi connectivity index (χ0v) is 15.6. The molecule has 28 heavy (non-hydrogen) atoms. The molecule has 3 aromatic rings. The molecule has 3 heterocycles. The first-order valence-corrected chi connectivity index (χ1v) is 9.51. The number of carbonyl (C=O) groups excluding carboxylic acids is 1. The van der Waals surface area contributed by atoms with Crippen LogP contribution in [0.4, 0.5) is 11.6 Å². The number of anilines is 2. The second kappa shape index (κ2) is 6.74. The number of nitrogens with one attached hydrogen (secondary N) is 1. The number of amides is 1.